The van der Waals surface area contributed by atoms with Crippen LogP contribution >= 0.6 is 11.6 Å². The van der Waals surface area contributed by atoms with Crippen LogP contribution in [-0.4, -0.2) is 23.7 Å². The van der Waals surface area contributed by atoms with E-state index in [9.17, 15) is 14.9 Å². The number of nitro benzene ring substituents is 1. The lowest BCUT2D eigenvalue weighted by atomic mass is 10.1. The Hall–Kier alpha value is -3.91. The molecule has 0 saturated heterocycles. The summed E-state index contributed by atoms with van der Waals surface area (Å²) in [5, 5.41) is 17.5. The molecular weight excluding hydrogens is 434 g/mol. The number of nitrogens with zero attached hydrogens (tertiary/aromatic N) is 3. The number of hydrogen-bond donors (Lipinski definition) is 0. The minimum atomic E-state index is -0.516. The predicted octanol–water partition coefficient (Wildman–Crippen LogP) is 5.63. The number of carbonyl (C=O) groups excluding carboxylic acids is 1. The van der Waals surface area contributed by atoms with Crippen LogP contribution in [0.1, 0.15) is 18.2 Å². The van der Waals surface area contributed by atoms with E-state index in [1.54, 1.807) is 49.4 Å². The van der Waals surface area contributed by atoms with Crippen molar-refractivity contribution in [1.82, 2.24) is 0 Å². The number of furan rings is 1. The third-order valence-electron chi connectivity index (χ3n) is 5.10. The summed E-state index contributed by atoms with van der Waals surface area (Å²) in [6.45, 7) is 3.56. The van der Waals surface area contributed by atoms with Crippen molar-refractivity contribution < 1.29 is 18.9 Å². The van der Waals surface area contributed by atoms with Crippen molar-refractivity contribution in [2.75, 3.05) is 12.1 Å². The van der Waals surface area contributed by atoms with Crippen LogP contribution < -0.4 is 9.75 Å². The first kappa shape index (κ1) is 21.3. The second-order valence-electron chi connectivity index (χ2n) is 7.09. The number of anilines is 1. The number of carbonyl (C=O) groups is 1. The van der Waals surface area contributed by atoms with Crippen molar-refractivity contribution in [3.05, 3.63) is 80.6 Å². The quantitative estimate of drug-likeness (QED) is 0.284. The van der Waals surface area contributed by atoms with Crippen molar-refractivity contribution in [2.24, 2.45) is 5.10 Å². The summed E-state index contributed by atoms with van der Waals surface area (Å²) in [6.07, 6.45) is 1.60. The fourth-order valence-corrected chi connectivity index (χ4v) is 3.56. The van der Waals surface area contributed by atoms with Crippen LogP contribution in [0, 0.1) is 17.0 Å². The third kappa shape index (κ3) is 3.76. The van der Waals surface area contributed by atoms with E-state index in [2.05, 4.69) is 5.10 Å². The smallest absolute Gasteiger partial charge is 0.311 e. The van der Waals surface area contributed by atoms with E-state index >= 15 is 0 Å². The van der Waals surface area contributed by atoms with E-state index < -0.39 is 4.92 Å². The molecule has 0 radical (unpaired) electrons. The first-order valence-electron chi connectivity index (χ1n) is 9.59. The van der Waals surface area contributed by atoms with Crippen molar-refractivity contribution in [1.29, 1.82) is 0 Å². The molecule has 0 N–H and O–H groups in total. The fraction of sp³-hybridized carbons (Fsp3) is 0.130. The summed E-state index contributed by atoms with van der Waals surface area (Å²) in [6, 6.07) is 13.2. The highest BCUT2D eigenvalue weighted by molar-refractivity contribution is 6.34. The van der Waals surface area contributed by atoms with Gasteiger partial charge in [-0.3, -0.25) is 14.9 Å². The van der Waals surface area contributed by atoms with Crippen molar-refractivity contribution in [3.8, 4) is 17.1 Å². The molecule has 1 aromatic heterocycles. The van der Waals surface area contributed by atoms with Gasteiger partial charge in [-0.2, -0.15) is 10.1 Å². The Labute approximate surface area is 188 Å². The summed E-state index contributed by atoms with van der Waals surface area (Å²) in [4.78, 5) is 23.8. The first-order chi connectivity index (χ1) is 15.3. The zero-order chi connectivity index (χ0) is 23.0. The van der Waals surface area contributed by atoms with E-state index in [0.717, 1.165) is 5.56 Å². The molecule has 0 aliphatic carbocycles. The molecule has 0 unspecified atom stereocenters. The number of nitro groups is 1. The Morgan fingerprint density at radius 2 is 1.97 bits per heavy atom. The molecule has 3 aromatic rings. The normalized spacial score (nSPS) is 14.8. The van der Waals surface area contributed by atoms with E-state index in [4.69, 9.17) is 20.8 Å². The molecule has 0 bridgehead atoms. The van der Waals surface area contributed by atoms with Crippen LogP contribution in [0.2, 0.25) is 5.02 Å². The number of rotatable bonds is 5. The molecular formula is C23H18ClN3O5. The molecule has 1 aliphatic rings. The number of hydrazone groups is 1. The number of ether oxygens (including phenoxy) is 1. The van der Waals surface area contributed by atoms with Gasteiger partial charge in [0.15, 0.2) is 5.75 Å². The van der Waals surface area contributed by atoms with Gasteiger partial charge in [0.2, 0.25) is 0 Å². The fourth-order valence-electron chi connectivity index (χ4n) is 3.39. The zero-order valence-corrected chi connectivity index (χ0v) is 18.2. The Bertz CT molecular complexity index is 1310. The largest absolute Gasteiger partial charge is 0.490 e. The topological polar surface area (TPSA) is 98.2 Å². The monoisotopic (exact) mass is 451 g/mol. The zero-order valence-electron chi connectivity index (χ0n) is 17.5. The second-order valence-corrected chi connectivity index (χ2v) is 7.50. The van der Waals surface area contributed by atoms with Gasteiger partial charge in [0.05, 0.1) is 29.0 Å². The van der Waals surface area contributed by atoms with Gasteiger partial charge >= 0.3 is 5.69 Å². The van der Waals surface area contributed by atoms with Crippen LogP contribution in [-0.2, 0) is 4.79 Å². The molecule has 4 rings (SSSR count). The SMILES string of the molecule is COc1ccc(-c2ccc(/C=C3\C(=O)N(c4cccc(Cl)c4C)N=C3C)o2)cc1[N+](=O)[O-]. The molecule has 9 heteroatoms. The lowest BCUT2D eigenvalue weighted by molar-refractivity contribution is -0.385. The van der Waals surface area contributed by atoms with Crippen LogP contribution in [0.5, 0.6) is 5.75 Å². The molecule has 1 amide bonds. The lowest BCUT2D eigenvalue weighted by Crippen LogP contribution is -2.22. The standard InChI is InChI=1S/C23H18ClN3O5/c1-13-18(24)5-4-6-19(13)26-23(28)17(14(2)25-26)12-16-8-10-21(32-16)15-7-9-22(31-3)20(11-15)27(29)30/h4-12H,1-3H3/b17-12-. The predicted molar refractivity (Wildman–Crippen MR) is 122 cm³/mol. The van der Waals surface area contributed by atoms with E-state index in [-0.39, 0.29) is 17.3 Å². The Morgan fingerprint density at radius 1 is 1.19 bits per heavy atom. The third-order valence-corrected chi connectivity index (χ3v) is 5.51. The molecule has 0 fully saturated rings. The molecule has 1 aliphatic heterocycles. The van der Waals surface area contributed by atoms with Gasteiger partial charge in [0.1, 0.15) is 11.5 Å². The average molecular weight is 452 g/mol. The second kappa shape index (κ2) is 8.32. The summed E-state index contributed by atoms with van der Waals surface area (Å²) < 4.78 is 10.9. The van der Waals surface area contributed by atoms with Gasteiger partial charge in [-0.25, -0.2) is 0 Å². The number of hydrogen-bond acceptors (Lipinski definition) is 6. The minimum Gasteiger partial charge on any atom is -0.490 e. The molecule has 0 atom stereocenters. The molecule has 0 spiro atoms. The van der Waals surface area contributed by atoms with E-state index in [1.165, 1.54) is 24.3 Å². The molecule has 162 valence electrons. The molecule has 32 heavy (non-hydrogen) atoms. The van der Waals surface area contributed by atoms with Gasteiger partial charge in [-0.15, -0.1) is 0 Å². The van der Waals surface area contributed by atoms with Gasteiger partial charge in [-0.05, 0) is 61.9 Å². The summed E-state index contributed by atoms with van der Waals surface area (Å²) in [5.74, 6) is 0.699. The number of methoxy groups -OCH3 is 1. The van der Waals surface area contributed by atoms with Gasteiger partial charge in [0.25, 0.3) is 5.91 Å². The van der Waals surface area contributed by atoms with Crippen LogP contribution in [0.15, 0.2) is 63.6 Å². The van der Waals surface area contributed by atoms with Gasteiger partial charge < -0.3 is 9.15 Å². The minimum absolute atomic E-state index is 0.160. The van der Waals surface area contributed by atoms with E-state index in [0.29, 0.717) is 39.1 Å². The van der Waals surface area contributed by atoms with Gasteiger partial charge in [-0.1, -0.05) is 17.7 Å². The Balaban J connectivity index is 1.65. The van der Waals surface area contributed by atoms with E-state index in [1.807, 2.05) is 6.92 Å². The molecule has 2 aromatic carbocycles. The average Bonchev–Trinajstić information content (AvgIpc) is 3.35. The summed E-state index contributed by atoms with van der Waals surface area (Å²) in [5.41, 5.74) is 2.63. The summed E-state index contributed by atoms with van der Waals surface area (Å²) >= 11 is 6.19. The van der Waals surface area contributed by atoms with Crippen molar-refractivity contribution in [3.63, 3.8) is 0 Å². The molecule has 2 heterocycles. The number of benzene rings is 2. The van der Waals surface area contributed by atoms with Crippen LogP contribution in [0.4, 0.5) is 11.4 Å². The summed E-state index contributed by atoms with van der Waals surface area (Å²) in [7, 11) is 1.37. The Kier molecular flexibility index (Phi) is 5.54. The lowest BCUT2D eigenvalue weighted by Gasteiger charge is -2.15. The first-order valence-corrected chi connectivity index (χ1v) is 9.97. The highest BCUT2D eigenvalue weighted by Crippen LogP contribution is 2.34. The maximum Gasteiger partial charge on any atom is 0.311 e. The number of halogens is 1. The van der Waals surface area contributed by atoms with Crippen LogP contribution in [0.3, 0.4) is 0 Å². The van der Waals surface area contributed by atoms with Crippen molar-refractivity contribution in [2.45, 2.75) is 13.8 Å². The Morgan fingerprint density at radius 3 is 2.69 bits per heavy atom. The van der Waals surface area contributed by atoms with Crippen molar-refractivity contribution >= 4 is 40.7 Å². The maximum absolute atomic E-state index is 13.0. The maximum atomic E-state index is 13.0. The van der Waals surface area contributed by atoms with Crippen LogP contribution in [0.25, 0.3) is 17.4 Å². The molecule has 0 saturated carbocycles. The number of amides is 1. The highest BCUT2D eigenvalue weighted by atomic mass is 35.5. The highest BCUT2D eigenvalue weighted by Gasteiger charge is 2.30. The van der Waals surface area contributed by atoms with Gasteiger partial charge in [0, 0.05) is 16.7 Å². The molecule has 8 nitrogen and oxygen atoms in total.